The topological polar surface area (TPSA) is 39.1 Å². The summed E-state index contributed by atoms with van der Waals surface area (Å²) in [6, 6.07) is 2.27. The summed E-state index contributed by atoms with van der Waals surface area (Å²) >= 11 is 0. The molecular weight excluding hydrogens is 259 g/mol. The van der Waals surface area contributed by atoms with Gasteiger partial charge in [-0.15, -0.1) is 0 Å². The van der Waals surface area contributed by atoms with Gasteiger partial charge in [-0.1, -0.05) is 13.8 Å². The molecular formula is C12H20F3N3O. The lowest BCUT2D eigenvalue weighted by atomic mass is 10.3. The van der Waals surface area contributed by atoms with Crippen molar-refractivity contribution in [3.8, 4) is 0 Å². The zero-order chi connectivity index (χ0) is 14.3. The highest BCUT2D eigenvalue weighted by atomic mass is 19.4. The van der Waals surface area contributed by atoms with Crippen molar-refractivity contribution < 1.29 is 17.9 Å². The Morgan fingerprint density at radius 1 is 1.42 bits per heavy atom. The molecule has 0 saturated heterocycles. The van der Waals surface area contributed by atoms with Crippen molar-refractivity contribution in [2.24, 2.45) is 0 Å². The van der Waals surface area contributed by atoms with Gasteiger partial charge >= 0.3 is 6.18 Å². The number of aromatic nitrogens is 2. The molecule has 0 saturated carbocycles. The Morgan fingerprint density at radius 2 is 2.16 bits per heavy atom. The highest BCUT2D eigenvalue weighted by molar-refractivity contribution is 5.00. The molecule has 0 unspecified atom stereocenters. The SMILES string of the molecule is CC(C)NCc1ccnn1CCCOCC(F)(F)F. The van der Waals surface area contributed by atoms with Crippen molar-refractivity contribution in [1.29, 1.82) is 0 Å². The third-order valence-corrected chi connectivity index (χ3v) is 2.42. The van der Waals surface area contributed by atoms with Crippen molar-refractivity contribution in [3.63, 3.8) is 0 Å². The first kappa shape index (κ1) is 16.0. The summed E-state index contributed by atoms with van der Waals surface area (Å²) in [6.45, 7) is 4.24. The van der Waals surface area contributed by atoms with E-state index < -0.39 is 12.8 Å². The van der Waals surface area contributed by atoms with Gasteiger partial charge in [-0.3, -0.25) is 4.68 Å². The molecule has 1 aromatic rings. The lowest BCUT2D eigenvalue weighted by Gasteiger charge is -2.11. The van der Waals surface area contributed by atoms with Gasteiger partial charge in [-0.25, -0.2) is 0 Å². The van der Waals surface area contributed by atoms with Gasteiger partial charge in [0.2, 0.25) is 0 Å². The van der Waals surface area contributed by atoms with Crippen LogP contribution in [0.4, 0.5) is 13.2 Å². The smallest absolute Gasteiger partial charge is 0.372 e. The van der Waals surface area contributed by atoms with E-state index in [0.717, 1.165) is 5.69 Å². The van der Waals surface area contributed by atoms with Crippen LogP contribution in [0.2, 0.25) is 0 Å². The lowest BCUT2D eigenvalue weighted by molar-refractivity contribution is -0.174. The molecule has 4 nitrogen and oxygen atoms in total. The molecule has 1 heterocycles. The molecule has 0 spiro atoms. The van der Waals surface area contributed by atoms with E-state index in [2.05, 4.69) is 15.2 Å². The number of aryl methyl sites for hydroxylation is 1. The van der Waals surface area contributed by atoms with E-state index in [9.17, 15) is 13.2 Å². The Bertz CT molecular complexity index is 363. The molecule has 0 atom stereocenters. The molecule has 0 fully saturated rings. The van der Waals surface area contributed by atoms with E-state index in [1.807, 2.05) is 19.9 Å². The molecule has 110 valence electrons. The zero-order valence-corrected chi connectivity index (χ0v) is 11.2. The highest BCUT2D eigenvalue weighted by Gasteiger charge is 2.27. The summed E-state index contributed by atoms with van der Waals surface area (Å²) in [6.07, 6.45) is -2.06. The first-order valence-electron chi connectivity index (χ1n) is 6.27. The van der Waals surface area contributed by atoms with Crippen LogP contribution >= 0.6 is 0 Å². The number of nitrogens with one attached hydrogen (secondary N) is 1. The van der Waals surface area contributed by atoms with Gasteiger partial charge in [0.25, 0.3) is 0 Å². The normalized spacial score (nSPS) is 12.3. The Labute approximate surface area is 110 Å². The van der Waals surface area contributed by atoms with Crippen molar-refractivity contribution in [3.05, 3.63) is 18.0 Å². The first-order chi connectivity index (χ1) is 8.88. The van der Waals surface area contributed by atoms with E-state index >= 15 is 0 Å². The summed E-state index contributed by atoms with van der Waals surface area (Å²) in [5, 5.41) is 7.41. The summed E-state index contributed by atoms with van der Waals surface area (Å²) < 4.78 is 41.9. The molecule has 1 rings (SSSR count). The van der Waals surface area contributed by atoms with Crippen LogP contribution in [-0.2, 0) is 17.8 Å². The fourth-order valence-corrected chi connectivity index (χ4v) is 1.52. The summed E-state index contributed by atoms with van der Waals surface area (Å²) in [4.78, 5) is 0. The van der Waals surface area contributed by atoms with E-state index in [-0.39, 0.29) is 6.61 Å². The predicted molar refractivity (Wildman–Crippen MR) is 65.7 cm³/mol. The van der Waals surface area contributed by atoms with Crippen LogP contribution in [0.3, 0.4) is 0 Å². The zero-order valence-electron chi connectivity index (χ0n) is 11.2. The van der Waals surface area contributed by atoms with Crippen LogP contribution in [-0.4, -0.2) is 35.2 Å². The fourth-order valence-electron chi connectivity index (χ4n) is 1.52. The minimum absolute atomic E-state index is 0.0798. The van der Waals surface area contributed by atoms with E-state index in [0.29, 0.717) is 25.6 Å². The van der Waals surface area contributed by atoms with Crippen LogP contribution in [0.15, 0.2) is 12.3 Å². The monoisotopic (exact) mass is 279 g/mol. The van der Waals surface area contributed by atoms with E-state index in [1.165, 1.54) is 0 Å². The first-order valence-corrected chi connectivity index (χ1v) is 6.27. The van der Waals surface area contributed by atoms with Gasteiger partial charge in [0, 0.05) is 31.9 Å². The van der Waals surface area contributed by atoms with Crippen molar-refractivity contribution in [2.75, 3.05) is 13.2 Å². The van der Waals surface area contributed by atoms with Gasteiger partial charge in [0.05, 0.1) is 5.69 Å². The average molecular weight is 279 g/mol. The fraction of sp³-hybridized carbons (Fsp3) is 0.750. The molecule has 0 aromatic carbocycles. The van der Waals surface area contributed by atoms with Crippen LogP contribution in [0.25, 0.3) is 0 Å². The van der Waals surface area contributed by atoms with Crippen LogP contribution in [0.5, 0.6) is 0 Å². The number of hydrogen-bond acceptors (Lipinski definition) is 3. The molecule has 1 N–H and O–H groups in total. The molecule has 0 radical (unpaired) electrons. The minimum Gasteiger partial charge on any atom is -0.372 e. The largest absolute Gasteiger partial charge is 0.411 e. The second-order valence-electron chi connectivity index (χ2n) is 4.60. The number of hydrogen-bond donors (Lipinski definition) is 1. The third-order valence-electron chi connectivity index (χ3n) is 2.42. The molecule has 0 bridgehead atoms. The molecule has 1 aromatic heterocycles. The molecule has 0 aliphatic carbocycles. The van der Waals surface area contributed by atoms with Gasteiger partial charge in [0.15, 0.2) is 0 Å². The average Bonchev–Trinajstić information content (AvgIpc) is 2.72. The standard InChI is InChI=1S/C12H20F3N3O/c1-10(2)16-8-11-4-5-17-18(11)6-3-7-19-9-12(13,14)15/h4-5,10,16H,3,6-9H2,1-2H3. The van der Waals surface area contributed by atoms with Crippen molar-refractivity contribution in [2.45, 2.75) is 45.6 Å². The summed E-state index contributed by atoms with van der Waals surface area (Å²) in [5.41, 5.74) is 1.02. The minimum atomic E-state index is -4.25. The maximum Gasteiger partial charge on any atom is 0.411 e. The summed E-state index contributed by atoms with van der Waals surface area (Å²) in [5.74, 6) is 0. The second kappa shape index (κ2) is 7.49. The molecule has 0 aliphatic rings. The molecule has 0 aliphatic heterocycles. The number of halogens is 3. The predicted octanol–water partition coefficient (Wildman–Crippen LogP) is 2.35. The van der Waals surface area contributed by atoms with Crippen LogP contribution < -0.4 is 5.32 Å². The number of nitrogens with zero attached hydrogens (tertiary/aromatic N) is 2. The van der Waals surface area contributed by atoms with Gasteiger partial charge in [-0.05, 0) is 12.5 Å². The third kappa shape index (κ3) is 7.17. The van der Waals surface area contributed by atoms with Gasteiger partial charge in [0.1, 0.15) is 6.61 Å². The number of rotatable bonds is 8. The van der Waals surface area contributed by atoms with Gasteiger partial charge < -0.3 is 10.1 Å². The van der Waals surface area contributed by atoms with Crippen molar-refractivity contribution >= 4 is 0 Å². The van der Waals surface area contributed by atoms with Crippen LogP contribution in [0.1, 0.15) is 26.0 Å². The van der Waals surface area contributed by atoms with Gasteiger partial charge in [-0.2, -0.15) is 18.3 Å². The second-order valence-corrected chi connectivity index (χ2v) is 4.60. The quantitative estimate of drug-likeness (QED) is 0.742. The van der Waals surface area contributed by atoms with Crippen LogP contribution in [0, 0.1) is 0 Å². The molecule has 19 heavy (non-hydrogen) atoms. The molecule has 7 heteroatoms. The maximum absolute atomic E-state index is 11.8. The summed E-state index contributed by atoms with van der Waals surface area (Å²) in [7, 11) is 0. The van der Waals surface area contributed by atoms with E-state index in [4.69, 9.17) is 0 Å². The number of ether oxygens (including phenoxy) is 1. The highest BCUT2D eigenvalue weighted by Crippen LogP contribution is 2.14. The maximum atomic E-state index is 11.8. The van der Waals surface area contributed by atoms with Crippen molar-refractivity contribution in [1.82, 2.24) is 15.1 Å². The Balaban J connectivity index is 2.24. The Morgan fingerprint density at radius 3 is 2.79 bits per heavy atom. The lowest BCUT2D eigenvalue weighted by Crippen LogP contribution is -2.24. The Kier molecular flexibility index (Phi) is 6.30. The number of alkyl halides is 3. The Hall–Kier alpha value is -1.08. The molecule has 0 amide bonds. The van der Waals surface area contributed by atoms with E-state index in [1.54, 1.807) is 10.9 Å².